The SMILES string of the molecule is CS(=O)(=O)c1ccc(C(=O)O)c(Cl)c1SCC(F)(F)C(F)(F)F. The van der Waals surface area contributed by atoms with Crippen molar-refractivity contribution >= 4 is 39.2 Å². The molecule has 0 saturated heterocycles. The number of benzene rings is 1. The Labute approximate surface area is 136 Å². The van der Waals surface area contributed by atoms with Crippen LogP contribution in [-0.2, 0) is 9.84 Å². The van der Waals surface area contributed by atoms with Gasteiger partial charge in [-0.2, -0.15) is 22.0 Å². The first kappa shape index (κ1) is 20.0. The Morgan fingerprint density at radius 3 is 2.17 bits per heavy atom. The Hall–Kier alpha value is -1.07. The van der Waals surface area contributed by atoms with Gasteiger partial charge in [-0.3, -0.25) is 0 Å². The second-order valence-electron chi connectivity index (χ2n) is 4.32. The molecule has 0 aliphatic carbocycles. The molecule has 4 nitrogen and oxygen atoms in total. The van der Waals surface area contributed by atoms with Crippen LogP contribution in [0.1, 0.15) is 10.4 Å². The van der Waals surface area contributed by atoms with Crippen LogP contribution in [0.2, 0.25) is 5.02 Å². The Bertz CT molecular complexity index is 731. The number of thioether (sulfide) groups is 1. The fourth-order valence-electron chi connectivity index (χ4n) is 1.37. The average Bonchev–Trinajstić information content (AvgIpc) is 2.33. The van der Waals surface area contributed by atoms with Gasteiger partial charge in [-0.15, -0.1) is 11.8 Å². The second kappa shape index (κ2) is 6.44. The van der Waals surface area contributed by atoms with Gasteiger partial charge < -0.3 is 5.11 Å². The molecule has 12 heteroatoms. The van der Waals surface area contributed by atoms with Crippen molar-refractivity contribution < 1.29 is 40.3 Å². The maximum Gasteiger partial charge on any atom is 0.454 e. The van der Waals surface area contributed by atoms with Crippen LogP contribution in [0, 0.1) is 0 Å². The number of sulfone groups is 1. The van der Waals surface area contributed by atoms with E-state index in [1.165, 1.54) is 0 Å². The van der Waals surface area contributed by atoms with Crippen molar-refractivity contribution in [2.24, 2.45) is 0 Å². The van der Waals surface area contributed by atoms with E-state index in [1.54, 1.807) is 0 Å². The van der Waals surface area contributed by atoms with E-state index in [2.05, 4.69) is 0 Å². The van der Waals surface area contributed by atoms with Crippen LogP contribution in [-0.4, -0.2) is 43.6 Å². The predicted octanol–water partition coefficient (Wildman–Crippen LogP) is 3.73. The lowest BCUT2D eigenvalue weighted by Crippen LogP contribution is -2.38. The smallest absolute Gasteiger partial charge is 0.454 e. The monoisotopic (exact) mass is 398 g/mol. The van der Waals surface area contributed by atoms with Gasteiger partial charge in [0.25, 0.3) is 0 Å². The fourth-order valence-corrected chi connectivity index (χ4v) is 4.16. The largest absolute Gasteiger partial charge is 0.478 e. The van der Waals surface area contributed by atoms with E-state index >= 15 is 0 Å². The fraction of sp³-hybridized carbons (Fsp3) is 0.364. The lowest BCUT2D eigenvalue weighted by atomic mass is 10.2. The molecule has 0 heterocycles. The Kier molecular flexibility index (Phi) is 5.59. The molecule has 0 atom stereocenters. The van der Waals surface area contributed by atoms with E-state index in [-0.39, 0.29) is 11.8 Å². The molecule has 0 fully saturated rings. The van der Waals surface area contributed by atoms with E-state index in [4.69, 9.17) is 16.7 Å². The zero-order valence-corrected chi connectivity index (χ0v) is 13.5. The lowest BCUT2D eigenvalue weighted by molar-refractivity contribution is -0.271. The van der Waals surface area contributed by atoms with Crippen LogP contribution in [0.5, 0.6) is 0 Å². The van der Waals surface area contributed by atoms with Crippen molar-refractivity contribution in [2.75, 3.05) is 12.0 Å². The number of hydrogen-bond acceptors (Lipinski definition) is 4. The van der Waals surface area contributed by atoms with E-state index in [0.29, 0.717) is 6.26 Å². The topological polar surface area (TPSA) is 71.4 Å². The third-order valence-corrected chi connectivity index (χ3v) is 5.50. The van der Waals surface area contributed by atoms with E-state index in [1.807, 2.05) is 0 Å². The minimum atomic E-state index is -5.83. The second-order valence-corrected chi connectivity index (χ2v) is 7.67. The first-order valence-electron chi connectivity index (χ1n) is 5.51. The molecular weight excluding hydrogens is 391 g/mol. The molecule has 0 aliphatic rings. The summed E-state index contributed by atoms with van der Waals surface area (Å²) in [6, 6.07) is 1.62. The molecule has 130 valence electrons. The molecule has 1 rings (SSSR count). The number of aromatic carboxylic acids is 1. The Morgan fingerprint density at radius 1 is 1.26 bits per heavy atom. The standard InChI is InChI=1S/C11H8ClF5O4S2/c1-23(20,21)6-3-2-5(9(18)19)7(12)8(6)22-4-10(13,14)11(15,16)17/h2-3H,4H2,1H3,(H,18,19). The molecule has 1 N–H and O–H groups in total. The highest BCUT2D eigenvalue weighted by Gasteiger charge is 2.57. The minimum absolute atomic E-state index is 0.179. The molecule has 0 spiro atoms. The van der Waals surface area contributed by atoms with Gasteiger partial charge >= 0.3 is 18.1 Å². The summed E-state index contributed by atoms with van der Waals surface area (Å²) in [5.41, 5.74) is -0.614. The van der Waals surface area contributed by atoms with Crippen LogP contribution in [0.3, 0.4) is 0 Å². The molecule has 0 aromatic heterocycles. The zero-order valence-electron chi connectivity index (χ0n) is 11.1. The number of rotatable bonds is 5. The Balaban J connectivity index is 3.38. The van der Waals surface area contributed by atoms with Crippen molar-refractivity contribution in [3.8, 4) is 0 Å². The number of carboxylic acid groups (broad SMARTS) is 1. The summed E-state index contributed by atoms with van der Waals surface area (Å²) < 4.78 is 85.6. The molecule has 0 amide bonds. The van der Waals surface area contributed by atoms with Gasteiger partial charge in [-0.1, -0.05) is 11.6 Å². The lowest BCUT2D eigenvalue weighted by Gasteiger charge is -2.20. The Morgan fingerprint density at radius 2 is 1.78 bits per heavy atom. The van der Waals surface area contributed by atoms with Gasteiger partial charge in [0.05, 0.1) is 21.2 Å². The first-order chi connectivity index (χ1) is 10.2. The molecule has 23 heavy (non-hydrogen) atoms. The van der Waals surface area contributed by atoms with Crippen molar-refractivity contribution in [3.05, 3.63) is 22.7 Å². The zero-order chi connectivity index (χ0) is 18.2. The maximum absolute atomic E-state index is 13.0. The molecule has 0 bridgehead atoms. The van der Waals surface area contributed by atoms with Crippen molar-refractivity contribution in [1.29, 1.82) is 0 Å². The molecule has 0 saturated carbocycles. The van der Waals surface area contributed by atoms with Crippen LogP contribution in [0.25, 0.3) is 0 Å². The molecule has 0 radical (unpaired) electrons. The van der Waals surface area contributed by atoms with Gasteiger partial charge in [0, 0.05) is 11.2 Å². The summed E-state index contributed by atoms with van der Waals surface area (Å²) in [5.74, 6) is -8.53. The van der Waals surface area contributed by atoms with E-state index < -0.39 is 54.0 Å². The summed E-state index contributed by atoms with van der Waals surface area (Å²) in [6.45, 7) is 0. The van der Waals surface area contributed by atoms with Crippen LogP contribution in [0.4, 0.5) is 22.0 Å². The number of alkyl halides is 5. The average molecular weight is 399 g/mol. The number of carbonyl (C=O) groups is 1. The molecule has 0 unspecified atom stereocenters. The van der Waals surface area contributed by atoms with Crippen LogP contribution < -0.4 is 0 Å². The number of halogens is 6. The summed E-state index contributed by atoms with van der Waals surface area (Å²) in [6.07, 6.45) is -5.15. The highest BCUT2D eigenvalue weighted by Crippen LogP contribution is 2.43. The van der Waals surface area contributed by atoms with Crippen molar-refractivity contribution in [2.45, 2.75) is 21.9 Å². The minimum Gasteiger partial charge on any atom is -0.478 e. The first-order valence-corrected chi connectivity index (χ1v) is 8.77. The molecule has 1 aromatic carbocycles. The van der Waals surface area contributed by atoms with E-state index in [0.717, 1.165) is 12.1 Å². The van der Waals surface area contributed by atoms with Crippen molar-refractivity contribution in [1.82, 2.24) is 0 Å². The van der Waals surface area contributed by atoms with Crippen LogP contribution in [0.15, 0.2) is 21.9 Å². The molecular formula is C11H8ClF5O4S2. The predicted molar refractivity (Wildman–Crippen MR) is 73.2 cm³/mol. The van der Waals surface area contributed by atoms with Gasteiger partial charge in [-0.25, -0.2) is 13.2 Å². The highest BCUT2D eigenvalue weighted by molar-refractivity contribution is 8.00. The van der Waals surface area contributed by atoms with Gasteiger partial charge in [0.2, 0.25) is 0 Å². The third kappa shape index (κ3) is 4.48. The third-order valence-electron chi connectivity index (χ3n) is 2.50. The van der Waals surface area contributed by atoms with Gasteiger partial charge in [0.1, 0.15) is 0 Å². The quantitative estimate of drug-likeness (QED) is 0.604. The number of carboxylic acids is 1. The molecule has 0 aliphatic heterocycles. The molecule has 1 aromatic rings. The number of hydrogen-bond donors (Lipinski definition) is 1. The van der Waals surface area contributed by atoms with E-state index in [9.17, 15) is 35.2 Å². The van der Waals surface area contributed by atoms with Gasteiger partial charge in [-0.05, 0) is 12.1 Å². The summed E-state index contributed by atoms with van der Waals surface area (Å²) in [4.78, 5) is 9.63. The maximum atomic E-state index is 13.0. The van der Waals surface area contributed by atoms with Crippen LogP contribution >= 0.6 is 23.4 Å². The normalized spacial score (nSPS) is 13.2. The van der Waals surface area contributed by atoms with Crippen molar-refractivity contribution in [3.63, 3.8) is 0 Å². The summed E-state index contributed by atoms with van der Waals surface area (Å²) in [7, 11) is -4.03. The van der Waals surface area contributed by atoms with Gasteiger partial charge in [0.15, 0.2) is 9.84 Å². The summed E-state index contributed by atoms with van der Waals surface area (Å²) >= 11 is 5.49. The summed E-state index contributed by atoms with van der Waals surface area (Å²) in [5, 5.41) is 8.15. The highest BCUT2D eigenvalue weighted by atomic mass is 35.5.